The van der Waals surface area contributed by atoms with Gasteiger partial charge in [0.25, 0.3) is 0 Å². The second-order valence-corrected chi connectivity index (χ2v) is 8.79. The van der Waals surface area contributed by atoms with Gasteiger partial charge in [-0.05, 0) is 48.7 Å². The third kappa shape index (κ3) is 4.77. The standard InChI is InChI=1S/C28H29F2N3O/c1-17(22-7-6-8-25(30)13-22)28(27-15-31-11-12-32-27)33-16-24-10-9-23(14-26(24)19(33)3)21(5)34-20(4)18(2)29/h6-15,17-19,28H,4-5,16H2,1-3H3/t17-,18?,19?,28-/m0/s1. The van der Waals surface area contributed by atoms with Crippen molar-refractivity contribution in [3.8, 4) is 0 Å². The van der Waals surface area contributed by atoms with E-state index in [0.717, 1.165) is 22.4 Å². The number of hydrogen-bond donors (Lipinski definition) is 0. The molecule has 0 radical (unpaired) electrons. The fraction of sp³-hybridized carbons (Fsp3) is 0.286. The zero-order chi connectivity index (χ0) is 24.4. The Balaban J connectivity index is 1.66. The molecule has 3 aromatic rings. The van der Waals surface area contributed by atoms with Gasteiger partial charge in [-0.3, -0.25) is 14.9 Å². The SMILES string of the molecule is C=C(OC(=C)C(C)F)c1ccc2c(c1)C(C)N([C@H](c1cnccn1)[C@@H](C)c1cccc(F)c1)C2. The predicted octanol–water partition coefficient (Wildman–Crippen LogP) is 6.90. The topological polar surface area (TPSA) is 38.2 Å². The molecule has 6 heteroatoms. The van der Waals surface area contributed by atoms with E-state index in [0.29, 0.717) is 12.3 Å². The van der Waals surface area contributed by atoms with E-state index in [1.54, 1.807) is 30.7 Å². The van der Waals surface area contributed by atoms with Crippen molar-refractivity contribution in [2.45, 2.75) is 51.5 Å². The quantitative estimate of drug-likeness (QED) is 0.342. The molecule has 0 aliphatic carbocycles. The van der Waals surface area contributed by atoms with Crippen molar-refractivity contribution in [1.82, 2.24) is 14.9 Å². The van der Waals surface area contributed by atoms with Crippen LogP contribution in [0, 0.1) is 5.82 Å². The van der Waals surface area contributed by atoms with Crippen molar-refractivity contribution >= 4 is 5.76 Å². The molecule has 0 fully saturated rings. The summed E-state index contributed by atoms with van der Waals surface area (Å²) in [5.41, 5.74) is 4.84. The summed E-state index contributed by atoms with van der Waals surface area (Å²) < 4.78 is 33.0. The van der Waals surface area contributed by atoms with Gasteiger partial charge in [-0.15, -0.1) is 0 Å². The molecule has 1 aromatic heterocycles. The van der Waals surface area contributed by atoms with Gasteiger partial charge in [0.05, 0.1) is 11.7 Å². The zero-order valence-corrected chi connectivity index (χ0v) is 19.7. The lowest BCUT2D eigenvalue weighted by Crippen LogP contribution is -2.30. The number of allylic oxidation sites excluding steroid dienone is 1. The summed E-state index contributed by atoms with van der Waals surface area (Å²) in [4.78, 5) is 11.3. The first kappa shape index (κ1) is 23.8. The smallest absolute Gasteiger partial charge is 0.154 e. The average molecular weight is 462 g/mol. The highest BCUT2D eigenvalue weighted by Crippen LogP contribution is 2.45. The Hall–Kier alpha value is -3.38. The molecular weight excluding hydrogens is 432 g/mol. The summed E-state index contributed by atoms with van der Waals surface area (Å²) >= 11 is 0. The molecule has 0 saturated heterocycles. The molecule has 0 N–H and O–H groups in total. The van der Waals surface area contributed by atoms with Crippen molar-refractivity contribution in [1.29, 1.82) is 0 Å². The fourth-order valence-corrected chi connectivity index (χ4v) is 4.60. The van der Waals surface area contributed by atoms with Crippen LogP contribution in [0.1, 0.15) is 66.7 Å². The lowest BCUT2D eigenvalue weighted by Gasteiger charge is -2.35. The van der Waals surface area contributed by atoms with Gasteiger partial charge >= 0.3 is 0 Å². The van der Waals surface area contributed by atoms with Crippen LogP contribution in [-0.2, 0) is 11.3 Å². The largest absolute Gasteiger partial charge is 0.459 e. The fourth-order valence-electron chi connectivity index (χ4n) is 4.60. The lowest BCUT2D eigenvalue weighted by molar-refractivity contribution is 0.133. The first-order chi connectivity index (χ1) is 16.3. The minimum absolute atomic E-state index is 0.0312. The van der Waals surface area contributed by atoms with Crippen LogP contribution in [0.3, 0.4) is 0 Å². The van der Waals surface area contributed by atoms with E-state index < -0.39 is 6.17 Å². The lowest BCUT2D eigenvalue weighted by atomic mass is 9.89. The Morgan fingerprint density at radius 3 is 2.62 bits per heavy atom. The van der Waals surface area contributed by atoms with Crippen molar-refractivity contribution in [3.05, 3.63) is 114 Å². The van der Waals surface area contributed by atoms with E-state index in [1.807, 2.05) is 18.2 Å². The summed E-state index contributed by atoms with van der Waals surface area (Å²) in [5.74, 6) is 0.108. The van der Waals surface area contributed by atoms with Gasteiger partial charge in [0.1, 0.15) is 17.3 Å². The molecule has 0 amide bonds. The van der Waals surface area contributed by atoms with Crippen LogP contribution in [0.25, 0.3) is 5.76 Å². The Labute approximate surface area is 199 Å². The van der Waals surface area contributed by atoms with E-state index in [9.17, 15) is 8.78 Å². The van der Waals surface area contributed by atoms with Crippen LogP contribution in [0.5, 0.6) is 0 Å². The molecule has 2 aromatic carbocycles. The van der Waals surface area contributed by atoms with Crippen LogP contribution >= 0.6 is 0 Å². The minimum atomic E-state index is -1.28. The van der Waals surface area contributed by atoms with Gasteiger partial charge in [0, 0.05) is 42.7 Å². The maximum Gasteiger partial charge on any atom is 0.154 e. The highest BCUT2D eigenvalue weighted by molar-refractivity contribution is 5.60. The van der Waals surface area contributed by atoms with Crippen molar-refractivity contribution < 1.29 is 13.5 Å². The van der Waals surface area contributed by atoms with Crippen LogP contribution in [0.4, 0.5) is 8.78 Å². The molecule has 0 spiro atoms. The van der Waals surface area contributed by atoms with E-state index in [2.05, 4.69) is 47.9 Å². The average Bonchev–Trinajstić information content (AvgIpc) is 3.15. The summed E-state index contributed by atoms with van der Waals surface area (Å²) in [6.45, 7) is 13.9. The molecule has 176 valence electrons. The number of fused-ring (bicyclic) bond motifs is 1. The predicted molar refractivity (Wildman–Crippen MR) is 130 cm³/mol. The number of aromatic nitrogens is 2. The van der Waals surface area contributed by atoms with E-state index in [-0.39, 0.29) is 29.6 Å². The number of benzene rings is 2. The molecule has 1 aliphatic heterocycles. The van der Waals surface area contributed by atoms with Gasteiger partial charge in [-0.25, -0.2) is 8.78 Å². The molecule has 4 nitrogen and oxygen atoms in total. The van der Waals surface area contributed by atoms with E-state index >= 15 is 0 Å². The number of alkyl halides is 1. The van der Waals surface area contributed by atoms with Gasteiger partial charge in [0.2, 0.25) is 0 Å². The molecule has 2 heterocycles. The highest BCUT2D eigenvalue weighted by atomic mass is 19.1. The molecule has 4 atom stereocenters. The van der Waals surface area contributed by atoms with Crippen LogP contribution in [0.15, 0.2) is 80.0 Å². The summed E-state index contributed by atoms with van der Waals surface area (Å²) in [6, 6.07) is 12.7. The van der Waals surface area contributed by atoms with Gasteiger partial charge in [0.15, 0.2) is 6.17 Å². The monoisotopic (exact) mass is 461 g/mol. The molecular formula is C28H29F2N3O. The van der Waals surface area contributed by atoms with Gasteiger partial charge in [-0.2, -0.15) is 0 Å². The number of nitrogens with zero attached hydrogens (tertiary/aromatic N) is 3. The summed E-state index contributed by atoms with van der Waals surface area (Å²) in [5, 5.41) is 0. The Bertz CT molecular complexity index is 1200. The third-order valence-electron chi connectivity index (χ3n) is 6.56. The van der Waals surface area contributed by atoms with E-state index in [4.69, 9.17) is 4.74 Å². The van der Waals surface area contributed by atoms with Crippen LogP contribution in [-0.4, -0.2) is 21.0 Å². The maximum atomic E-state index is 14.0. The van der Waals surface area contributed by atoms with E-state index in [1.165, 1.54) is 18.6 Å². The molecule has 1 aliphatic rings. The number of ether oxygens (including phenoxy) is 1. The molecule has 34 heavy (non-hydrogen) atoms. The second kappa shape index (κ2) is 9.85. The molecule has 2 unspecified atom stereocenters. The number of halogens is 2. The first-order valence-electron chi connectivity index (χ1n) is 11.4. The Kier molecular flexibility index (Phi) is 6.89. The summed E-state index contributed by atoms with van der Waals surface area (Å²) in [7, 11) is 0. The van der Waals surface area contributed by atoms with Gasteiger partial charge in [-0.1, -0.05) is 44.3 Å². The number of rotatable bonds is 8. The molecule has 0 bridgehead atoms. The normalized spacial score (nSPS) is 18.1. The Morgan fingerprint density at radius 1 is 1.15 bits per heavy atom. The third-order valence-corrected chi connectivity index (χ3v) is 6.56. The van der Waals surface area contributed by atoms with Crippen LogP contribution < -0.4 is 0 Å². The zero-order valence-electron chi connectivity index (χ0n) is 19.7. The van der Waals surface area contributed by atoms with Crippen molar-refractivity contribution in [3.63, 3.8) is 0 Å². The first-order valence-corrected chi connectivity index (χ1v) is 11.4. The Morgan fingerprint density at radius 2 is 1.94 bits per heavy atom. The van der Waals surface area contributed by atoms with Crippen LogP contribution in [0.2, 0.25) is 0 Å². The molecule has 4 rings (SSSR count). The highest BCUT2D eigenvalue weighted by Gasteiger charge is 2.37. The van der Waals surface area contributed by atoms with Crippen molar-refractivity contribution in [2.75, 3.05) is 0 Å². The number of hydrogen-bond acceptors (Lipinski definition) is 4. The summed E-state index contributed by atoms with van der Waals surface area (Å²) in [6.07, 6.45) is 3.84. The minimum Gasteiger partial charge on any atom is -0.459 e. The second-order valence-electron chi connectivity index (χ2n) is 8.79. The van der Waals surface area contributed by atoms with Crippen molar-refractivity contribution in [2.24, 2.45) is 0 Å². The molecule has 0 saturated carbocycles. The maximum absolute atomic E-state index is 14.0. The van der Waals surface area contributed by atoms with Gasteiger partial charge < -0.3 is 4.74 Å².